The van der Waals surface area contributed by atoms with Gasteiger partial charge in [0.1, 0.15) is 0 Å². The largest absolute Gasteiger partial charge is 0.398 e. The quantitative estimate of drug-likeness (QED) is 0.649. The van der Waals surface area contributed by atoms with Crippen LogP contribution in [0.2, 0.25) is 5.02 Å². The van der Waals surface area contributed by atoms with E-state index < -0.39 is 0 Å². The second-order valence-corrected chi connectivity index (χ2v) is 5.45. The van der Waals surface area contributed by atoms with Crippen molar-refractivity contribution in [3.05, 3.63) is 46.1 Å². The van der Waals surface area contributed by atoms with Gasteiger partial charge in [0.25, 0.3) is 0 Å². The summed E-state index contributed by atoms with van der Waals surface area (Å²) < 4.78 is 0. The van der Waals surface area contributed by atoms with E-state index in [1.54, 1.807) is 32.0 Å². The SMILES string of the molecule is CC(=O)NC1=C(C)C(=Nc2ccc(N)c(Cl)c2)C(C)=CC1=O. The summed E-state index contributed by atoms with van der Waals surface area (Å²) in [7, 11) is 0. The van der Waals surface area contributed by atoms with Crippen molar-refractivity contribution in [1.29, 1.82) is 0 Å². The zero-order valence-electron chi connectivity index (χ0n) is 12.5. The molecule has 0 radical (unpaired) electrons. The van der Waals surface area contributed by atoms with Gasteiger partial charge in [0.05, 0.1) is 27.8 Å². The van der Waals surface area contributed by atoms with E-state index in [2.05, 4.69) is 10.3 Å². The van der Waals surface area contributed by atoms with Crippen LogP contribution in [0.25, 0.3) is 0 Å². The van der Waals surface area contributed by atoms with Crippen molar-refractivity contribution in [2.75, 3.05) is 5.73 Å². The maximum absolute atomic E-state index is 12.0. The van der Waals surface area contributed by atoms with Crippen molar-refractivity contribution in [2.45, 2.75) is 20.8 Å². The molecule has 1 aliphatic rings. The standard InChI is InChI=1S/C16H16ClN3O2/c1-8-6-14(22)16(19-10(3)21)9(2)15(8)20-11-4-5-13(18)12(17)7-11/h4-7H,18H2,1-3H3,(H,19,21). The Kier molecular flexibility index (Phi) is 4.47. The van der Waals surface area contributed by atoms with Gasteiger partial charge >= 0.3 is 0 Å². The van der Waals surface area contributed by atoms with Crippen LogP contribution in [0.1, 0.15) is 20.8 Å². The van der Waals surface area contributed by atoms with Gasteiger partial charge in [-0.15, -0.1) is 0 Å². The molecule has 114 valence electrons. The molecule has 0 saturated carbocycles. The minimum Gasteiger partial charge on any atom is -0.398 e. The van der Waals surface area contributed by atoms with Crippen LogP contribution in [-0.4, -0.2) is 17.4 Å². The van der Waals surface area contributed by atoms with Crippen LogP contribution in [0.4, 0.5) is 11.4 Å². The van der Waals surface area contributed by atoms with Crippen LogP contribution < -0.4 is 11.1 Å². The summed E-state index contributed by atoms with van der Waals surface area (Å²) >= 11 is 5.99. The van der Waals surface area contributed by atoms with Gasteiger partial charge < -0.3 is 11.1 Å². The third-order valence-electron chi connectivity index (χ3n) is 3.22. The first-order valence-electron chi connectivity index (χ1n) is 6.65. The highest BCUT2D eigenvalue weighted by Gasteiger charge is 2.22. The number of hydrogen-bond acceptors (Lipinski definition) is 4. The van der Waals surface area contributed by atoms with Gasteiger partial charge in [0, 0.05) is 12.5 Å². The Balaban J connectivity index is 2.51. The van der Waals surface area contributed by atoms with E-state index in [9.17, 15) is 9.59 Å². The van der Waals surface area contributed by atoms with Gasteiger partial charge in [0.15, 0.2) is 0 Å². The second-order valence-electron chi connectivity index (χ2n) is 5.04. The fourth-order valence-corrected chi connectivity index (χ4v) is 2.33. The molecular weight excluding hydrogens is 302 g/mol. The Morgan fingerprint density at radius 2 is 2.00 bits per heavy atom. The van der Waals surface area contributed by atoms with Crippen molar-refractivity contribution in [3.8, 4) is 0 Å². The van der Waals surface area contributed by atoms with Crippen molar-refractivity contribution in [3.63, 3.8) is 0 Å². The molecule has 0 heterocycles. The van der Waals surface area contributed by atoms with Gasteiger partial charge in [0.2, 0.25) is 11.7 Å². The molecule has 1 aromatic rings. The molecule has 1 amide bonds. The fraction of sp³-hybridized carbons (Fsp3) is 0.188. The summed E-state index contributed by atoms with van der Waals surface area (Å²) in [6.07, 6.45) is 1.45. The molecular formula is C16H16ClN3O2. The molecule has 1 aliphatic carbocycles. The summed E-state index contributed by atoms with van der Waals surface area (Å²) in [5.41, 5.74) is 9.00. The predicted octanol–water partition coefficient (Wildman–Crippen LogP) is 2.93. The molecule has 0 unspecified atom stereocenters. The number of halogens is 1. The summed E-state index contributed by atoms with van der Waals surface area (Å²) in [4.78, 5) is 27.8. The highest BCUT2D eigenvalue weighted by molar-refractivity contribution is 6.33. The number of hydrogen-bond donors (Lipinski definition) is 2. The zero-order chi connectivity index (χ0) is 16.4. The number of nitrogens with two attached hydrogens (primary N) is 1. The predicted molar refractivity (Wildman–Crippen MR) is 88.2 cm³/mol. The molecule has 3 N–H and O–H groups in total. The third-order valence-corrected chi connectivity index (χ3v) is 3.55. The number of anilines is 1. The van der Waals surface area contributed by atoms with Crippen molar-refractivity contribution in [2.24, 2.45) is 4.99 Å². The van der Waals surface area contributed by atoms with E-state index >= 15 is 0 Å². The average molecular weight is 318 g/mol. The van der Waals surface area contributed by atoms with Gasteiger partial charge in [-0.05, 0) is 43.7 Å². The molecule has 0 spiro atoms. The van der Waals surface area contributed by atoms with Crippen LogP contribution in [0.5, 0.6) is 0 Å². The fourth-order valence-electron chi connectivity index (χ4n) is 2.15. The zero-order valence-corrected chi connectivity index (χ0v) is 13.3. The Morgan fingerprint density at radius 1 is 1.32 bits per heavy atom. The first-order chi connectivity index (χ1) is 10.3. The van der Waals surface area contributed by atoms with E-state index in [-0.39, 0.29) is 17.4 Å². The summed E-state index contributed by atoms with van der Waals surface area (Å²) in [5, 5.41) is 2.97. The van der Waals surface area contributed by atoms with Gasteiger partial charge in [-0.25, -0.2) is 4.99 Å². The van der Waals surface area contributed by atoms with E-state index in [1.165, 1.54) is 13.0 Å². The van der Waals surface area contributed by atoms with E-state index in [1.807, 2.05) is 0 Å². The molecule has 0 aliphatic heterocycles. The Hall–Kier alpha value is -2.40. The molecule has 0 saturated heterocycles. The lowest BCUT2D eigenvalue weighted by Gasteiger charge is -2.18. The molecule has 0 aromatic heterocycles. The topological polar surface area (TPSA) is 84.6 Å². The van der Waals surface area contributed by atoms with Gasteiger partial charge in [-0.2, -0.15) is 0 Å². The minimum absolute atomic E-state index is 0.237. The molecule has 0 bridgehead atoms. The van der Waals surface area contributed by atoms with Crippen LogP contribution >= 0.6 is 11.6 Å². The summed E-state index contributed by atoms with van der Waals surface area (Å²) in [6, 6.07) is 5.06. The first kappa shape index (κ1) is 16.0. The molecule has 22 heavy (non-hydrogen) atoms. The Bertz CT molecular complexity index is 761. The van der Waals surface area contributed by atoms with Crippen molar-refractivity contribution >= 4 is 40.4 Å². The monoisotopic (exact) mass is 317 g/mol. The normalized spacial score (nSPS) is 16.8. The number of ketones is 1. The van der Waals surface area contributed by atoms with Crippen molar-refractivity contribution < 1.29 is 9.59 Å². The lowest BCUT2D eigenvalue weighted by molar-refractivity contribution is -0.120. The number of nitrogens with one attached hydrogen (secondary N) is 1. The van der Waals surface area contributed by atoms with Crippen LogP contribution in [0, 0.1) is 0 Å². The molecule has 5 nitrogen and oxygen atoms in total. The third kappa shape index (κ3) is 3.26. The van der Waals surface area contributed by atoms with Crippen LogP contribution in [0.15, 0.2) is 46.1 Å². The Morgan fingerprint density at radius 3 is 2.59 bits per heavy atom. The molecule has 1 aromatic carbocycles. The number of aliphatic imine (C=N–C) groups is 1. The highest BCUT2D eigenvalue weighted by Crippen LogP contribution is 2.27. The summed E-state index contributed by atoms with van der Waals surface area (Å²) in [6.45, 7) is 4.90. The summed E-state index contributed by atoms with van der Waals surface area (Å²) in [5.74, 6) is -0.537. The number of benzene rings is 1. The van der Waals surface area contributed by atoms with Crippen molar-refractivity contribution in [1.82, 2.24) is 5.32 Å². The first-order valence-corrected chi connectivity index (χ1v) is 7.03. The van der Waals surface area contributed by atoms with Crippen LogP contribution in [0.3, 0.4) is 0 Å². The maximum atomic E-state index is 12.0. The van der Waals surface area contributed by atoms with E-state index in [0.717, 1.165) is 5.57 Å². The maximum Gasteiger partial charge on any atom is 0.221 e. The smallest absolute Gasteiger partial charge is 0.221 e. The second kappa shape index (κ2) is 6.15. The lowest BCUT2D eigenvalue weighted by Crippen LogP contribution is -2.30. The molecule has 6 heteroatoms. The van der Waals surface area contributed by atoms with Gasteiger partial charge in [-0.3, -0.25) is 9.59 Å². The van der Waals surface area contributed by atoms with E-state index in [4.69, 9.17) is 17.3 Å². The highest BCUT2D eigenvalue weighted by atomic mass is 35.5. The minimum atomic E-state index is -0.300. The number of rotatable bonds is 2. The number of amides is 1. The lowest BCUT2D eigenvalue weighted by atomic mass is 9.94. The average Bonchev–Trinajstić information content (AvgIpc) is 2.43. The number of carbonyl (C=O) groups is 2. The number of allylic oxidation sites excluding steroid dienone is 3. The van der Waals surface area contributed by atoms with Crippen LogP contribution in [-0.2, 0) is 9.59 Å². The Labute approximate surface area is 133 Å². The molecule has 0 atom stereocenters. The number of nitrogen functional groups attached to an aromatic ring is 1. The number of nitrogens with zero attached hydrogens (tertiary/aromatic N) is 1. The van der Waals surface area contributed by atoms with Gasteiger partial charge in [-0.1, -0.05) is 11.6 Å². The van der Waals surface area contributed by atoms with E-state index in [0.29, 0.717) is 27.7 Å². The molecule has 0 fully saturated rings. The molecule has 2 rings (SSSR count). The number of carbonyl (C=O) groups excluding carboxylic acids is 2.